The summed E-state index contributed by atoms with van der Waals surface area (Å²) in [6.45, 7) is 3.34. The average molecular weight is 255 g/mol. The van der Waals surface area contributed by atoms with E-state index in [0.29, 0.717) is 12.1 Å². The van der Waals surface area contributed by atoms with Gasteiger partial charge in [-0.1, -0.05) is 0 Å². The summed E-state index contributed by atoms with van der Waals surface area (Å²) in [6, 6.07) is 1.85. The van der Waals surface area contributed by atoms with Crippen molar-refractivity contribution in [1.82, 2.24) is 15.5 Å². The molecule has 2 saturated heterocycles. The molecule has 0 aromatic heterocycles. The highest BCUT2D eigenvalue weighted by Gasteiger charge is 2.39. The topological polar surface area (TPSA) is 44.4 Å². The van der Waals surface area contributed by atoms with E-state index in [9.17, 15) is 4.79 Å². The molecule has 1 saturated carbocycles. The van der Waals surface area contributed by atoms with Crippen LogP contribution in [0.25, 0.3) is 0 Å². The Morgan fingerprint density at radius 1 is 1.47 bits per heavy atom. The zero-order valence-electron chi connectivity index (χ0n) is 10.3. The summed E-state index contributed by atoms with van der Waals surface area (Å²) in [5, 5.41) is 6.43. The van der Waals surface area contributed by atoms with Gasteiger partial charge in [-0.25, -0.2) is 0 Å². The number of carbonyl (C=O) groups excluding carboxylic acids is 1. The number of nitrogens with zero attached hydrogens (tertiary/aromatic N) is 1. The van der Waals surface area contributed by atoms with E-state index in [2.05, 4.69) is 22.5 Å². The first-order valence-corrected chi connectivity index (χ1v) is 7.77. The van der Waals surface area contributed by atoms with Crippen LogP contribution in [0.2, 0.25) is 0 Å². The van der Waals surface area contributed by atoms with E-state index in [1.165, 1.54) is 12.8 Å². The Morgan fingerprint density at radius 2 is 2.29 bits per heavy atom. The van der Waals surface area contributed by atoms with Crippen LogP contribution >= 0.6 is 11.8 Å². The van der Waals surface area contributed by atoms with Gasteiger partial charge in [-0.15, -0.1) is 11.8 Å². The fraction of sp³-hybridized carbons (Fsp3) is 0.917. The summed E-state index contributed by atoms with van der Waals surface area (Å²) in [6.07, 6.45) is 3.82. The van der Waals surface area contributed by atoms with Crippen LogP contribution in [0, 0.1) is 0 Å². The molecule has 4 nitrogen and oxygen atoms in total. The Bertz CT molecular complexity index is 302. The molecule has 0 spiro atoms. The minimum atomic E-state index is 0.0327. The minimum Gasteiger partial charge on any atom is -0.351 e. The number of nitrogens with one attached hydrogen (secondary N) is 2. The van der Waals surface area contributed by atoms with Crippen molar-refractivity contribution in [3.8, 4) is 0 Å². The van der Waals surface area contributed by atoms with Crippen LogP contribution in [0.1, 0.15) is 26.2 Å². The van der Waals surface area contributed by atoms with Crippen LogP contribution in [0.4, 0.5) is 0 Å². The highest BCUT2D eigenvalue weighted by molar-refractivity contribution is 7.99. The number of hydrogen-bond donors (Lipinski definition) is 2. The van der Waals surface area contributed by atoms with Gasteiger partial charge in [0.25, 0.3) is 0 Å². The average Bonchev–Trinajstić information content (AvgIpc) is 2.86. The van der Waals surface area contributed by atoms with Gasteiger partial charge in [-0.2, -0.15) is 0 Å². The van der Waals surface area contributed by atoms with Gasteiger partial charge in [0.2, 0.25) is 5.91 Å². The Kier molecular flexibility index (Phi) is 3.32. The third-order valence-corrected chi connectivity index (χ3v) is 4.96. The first-order chi connectivity index (χ1) is 8.24. The van der Waals surface area contributed by atoms with E-state index in [1.807, 2.05) is 0 Å². The van der Waals surface area contributed by atoms with Gasteiger partial charge in [-0.3, -0.25) is 15.0 Å². The van der Waals surface area contributed by atoms with Crippen LogP contribution in [-0.2, 0) is 4.79 Å². The molecule has 2 N–H and O–H groups in total. The number of rotatable bonds is 3. The Morgan fingerprint density at radius 3 is 2.94 bits per heavy atom. The van der Waals surface area contributed by atoms with Gasteiger partial charge >= 0.3 is 0 Å². The van der Waals surface area contributed by atoms with Gasteiger partial charge in [0, 0.05) is 36.3 Å². The van der Waals surface area contributed by atoms with Gasteiger partial charge in [0.15, 0.2) is 0 Å². The fourth-order valence-corrected chi connectivity index (χ4v) is 3.88. The monoisotopic (exact) mass is 255 g/mol. The normalized spacial score (nSPS) is 38.5. The molecule has 2 aliphatic heterocycles. The van der Waals surface area contributed by atoms with Crippen molar-refractivity contribution in [2.75, 3.05) is 18.2 Å². The number of amides is 1. The molecule has 3 fully saturated rings. The lowest BCUT2D eigenvalue weighted by Crippen LogP contribution is -2.47. The third kappa shape index (κ3) is 2.61. The Balaban J connectivity index is 1.50. The molecule has 3 unspecified atom stereocenters. The fourth-order valence-electron chi connectivity index (χ4n) is 2.94. The van der Waals surface area contributed by atoms with Gasteiger partial charge in [-0.05, 0) is 26.2 Å². The lowest BCUT2D eigenvalue weighted by atomic mass is 10.2. The quantitative estimate of drug-likeness (QED) is 0.766. The zero-order chi connectivity index (χ0) is 11.8. The molecule has 1 amide bonds. The third-order valence-electron chi connectivity index (χ3n) is 4.02. The van der Waals surface area contributed by atoms with E-state index >= 15 is 0 Å². The summed E-state index contributed by atoms with van der Waals surface area (Å²) in [5.41, 5.74) is 0. The van der Waals surface area contributed by atoms with E-state index < -0.39 is 0 Å². The van der Waals surface area contributed by atoms with Gasteiger partial charge in [0.1, 0.15) is 0 Å². The molecule has 0 radical (unpaired) electrons. The molecule has 0 aromatic carbocycles. The number of carbonyl (C=O) groups is 1. The van der Waals surface area contributed by atoms with Crippen molar-refractivity contribution in [2.24, 2.45) is 0 Å². The molecule has 3 rings (SSSR count). The second-order valence-electron chi connectivity index (χ2n) is 5.49. The molecule has 1 aliphatic carbocycles. The van der Waals surface area contributed by atoms with Crippen LogP contribution < -0.4 is 10.6 Å². The highest BCUT2D eigenvalue weighted by atomic mass is 32.2. The Labute approximate surface area is 107 Å². The second-order valence-corrected chi connectivity index (χ2v) is 6.52. The zero-order valence-corrected chi connectivity index (χ0v) is 11.1. The largest absolute Gasteiger partial charge is 0.351 e. The van der Waals surface area contributed by atoms with Crippen molar-refractivity contribution in [3.05, 3.63) is 0 Å². The van der Waals surface area contributed by atoms with Gasteiger partial charge < -0.3 is 5.32 Å². The standard InChI is InChI=1S/C12H21N3OS/c1-8-4-9(5-15(8)10-2-3-10)14-12(16)11-6-17-7-13-11/h8-11,13H,2-7H2,1H3,(H,14,16). The SMILES string of the molecule is CC1CC(NC(=O)C2CSCN2)CN1C1CC1. The predicted molar refractivity (Wildman–Crippen MR) is 70.0 cm³/mol. The van der Waals surface area contributed by atoms with Gasteiger partial charge in [0.05, 0.1) is 6.04 Å². The lowest BCUT2D eigenvalue weighted by Gasteiger charge is -2.20. The molecule has 96 valence electrons. The van der Waals surface area contributed by atoms with Crippen molar-refractivity contribution < 1.29 is 4.79 Å². The molecule has 3 aliphatic rings. The summed E-state index contributed by atoms with van der Waals surface area (Å²) in [5.74, 6) is 2.03. The highest BCUT2D eigenvalue weighted by Crippen LogP contribution is 2.33. The number of likely N-dealkylation sites (tertiary alicyclic amines) is 1. The van der Waals surface area contributed by atoms with E-state index in [4.69, 9.17) is 0 Å². The minimum absolute atomic E-state index is 0.0327. The molecule has 17 heavy (non-hydrogen) atoms. The van der Waals surface area contributed by atoms with Crippen molar-refractivity contribution in [1.29, 1.82) is 0 Å². The summed E-state index contributed by atoms with van der Waals surface area (Å²) >= 11 is 1.80. The molecule has 5 heteroatoms. The molecule has 3 atom stereocenters. The maximum Gasteiger partial charge on any atom is 0.238 e. The van der Waals surface area contributed by atoms with Crippen LogP contribution in [-0.4, -0.2) is 53.1 Å². The van der Waals surface area contributed by atoms with Crippen molar-refractivity contribution in [2.45, 2.75) is 50.4 Å². The lowest BCUT2D eigenvalue weighted by molar-refractivity contribution is -0.123. The van der Waals surface area contributed by atoms with Crippen molar-refractivity contribution >= 4 is 17.7 Å². The number of thioether (sulfide) groups is 1. The van der Waals surface area contributed by atoms with Crippen molar-refractivity contribution in [3.63, 3.8) is 0 Å². The molecule has 0 aromatic rings. The van der Waals surface area contributed by atoms with Crippen LogP contribution in [0.15, 0.2) is 0 Å². The Hall–Kier alpha value is -0.260. The summed E-state index contributed by atoms with van der Waals surface area (Å²) < 4.78 is 0. The first kappa shape index (κ1) is 11.8. The predicted octanol–water partition coefficient (Wildman–Crippen LogP) is 0.390. The van der Waals surface area contributed by atoms with E-state index in [0.717, 1.165) is 30.6 Å². The van der Waals surface area contributed by atoms with E-state index in [-0.39, 0.29) is 11.9 Å². The summed E-state index contributed by atoms with van der Waals surface area (Å²) in [7, 11) is 0. The second kappa shape index (κ2) is 4.78. The maximum absolute atomic E-state index is 12.0. The maximum atomic E-state index is 12.0. The van der Waals surface area contributed by atoms with E-state index in [1.54, 1.807) is 11.8 Å². The van der Waals surface area contributed by atoms with Crippen LogP contribution in [0.5, 0.6) is 0 Å². The number of hydrogen-bond acceptors (Lipinski definition) is 4. The molecule has 0 bridgehead atoms. The molecular formula is C12H21N3OS. The van der Waals surface area contributed by atoms with Crippen LogP contribution in [0.3, 0.4) is 0 Å². The summed E-state index contributed by atoms with van der Waals surface area (Å²) in [4.78, 5) is 14.6. The smallest absolute Gasteiger partial charge is 0.238 e. The first-order valence-electron chi connectivity index (χ1n) is 6.61. The molecule has 2 heterocycles. The molecular weight excluding hydrogens is 234 g/mol.